The van der Waals surface area contributed by atoms with Gasteiger partial charge in [-0.05, 0) is 24.6 Å². The van der Waals surface area contributed by atoms with Gasteiger partial charge >= 0.3 is 0 Å². The Bertz CT molecular complexity index is 369. The second-order valence-corrected chi connectivity index (χ2v) is 4.65. The number of ether oxygens (including phenoxy) is 1. The molecule has 3 N–H and O–H groups in total. The van der Waals surface area contributed by atoms with E-state index in [4.69, 9.17) is 22.1 Å². The van der Waals surface area contributed by atoms with Crippen LogP contribution in [0.4, 0.5) is 0 Å². The summed E-state index contributed by atoms with van der Waals surface area (Å²) in [5, 5.41) is 3.45. The van der Waals surface area contributed by atoms with Gasteiger partial charge in [-0.15, -0.1) is 12.4 Å². The third-order valence-electron chi connectivity index (χ3n) is 2.26. The van der Waals surface area contributed by atoms with E-state index >= 15 is 0 Å². The molecule has 1 aromatic carbocycles. The average molecular weight is 307 g/mol. The molecular weight excluding hydrogens is 287 g/mol. The average Bonchev–Trinajstić information content (AvgIpc) is 2.30. The Morgan fingerprint density at radius 2 is 2.05 bits per heavy atom. The normalized spacial score (nSPS) is 11.5. The van der Waals surface area contributed by atoms with Crippen molar-refractivity contribution in [2.45, 2.75) is 26.0 Å². The molecule has 108 valence electrons. The smallest absolute Gasteiger partial charge is 0.221 e. The summed E-state index contributed by atoms with van der Waals surface area (Å²) in [6.07, 6.45) is 0.344. The SMILES string of the molecule is CC(N)CC(=O)NCCOCc1ccc(Cl)cc1.Cl. The molecule has 0 aromatic heterocycles. The van der Waals surface area contributed by atoms with Crippen LogP contribution in [0.1, 0.15) is 18.9 Å². The fraction of sp³-hybridized carbons (Fsp3) is 0.462. The van der Waals surface area contributed by atoms with Gasteiger partial charge in [0.15, 0.2) is 0 Å². The number of carbonyl (C=O) groups is 1. The van der Waals surface area contributed by atoms with Gasteiger partial charge in [-0.2, -0.15) is 0 Å². The molecule has 0 heterocycles. The summed E-state index contributed by atoms with van der Waals surface area (Å²) in [4.78, 5) is 11.3. The van der Waals surface area contributed by atoms with E-state index in [2.05, 4.69) is 5.32 Å². The molecule has 0 saturated heterocycles. The summed E-state index contributed by atoms with van der Waals surface area (Å²) in [6, 6.07) is 7.36. The molecule has 1 atom stereocenters. The van der Waals surface area contributed by atoms with Gasteiger partial charge in [0, 0.05) is 24.0 Å². The molecule has 1 aromatic rings. The summed E-state index contributed by atoms with van der Waals surface area (Å²) in [6.45, 7) is 3.30. The zero-order chi connectivity index (χ0) is 13.4. The molecule has 0 aliphatic rings. The van der Waals surface area contributed by atoms with Crippen LogP contribution in [0.25, 0.3) is 0 Å². The van der Waals surface area contributed by atoms with Crippen LogP contribution in [-0.2, 0) is 16.1 Å². The largest absolute Gasteiger partial charge is 0.375 e. The zero-order valence-corrected chi connectivity index (χ0v) is 12.5. The summed E-state index contributed by atoms with van der Waals surface area (Å²) < 4.78 is 5.43. The lowest BCUT2D eigenvalue weighted by Gasteiger charge is -2.08. The predicted molar refractivity (Wildman–Crippen MR) is 79.6 cm³/mol. The first kappa shape index (κ1) is 18.2. The number of carbonyl (C=O) groups excluding carboxylic acids is 1. The van der Waals surface area contributed by atoms with Crippen molar-refractivity contribution in [3.05, 3.63) is 34.9 Å². The minimum Gasteiger partial charge on any atom is -0.375 e. The number of amides is 1. The first-order chi connectivity index (χ1) is 8.58. The summed E-state index contributed by atoms with van der Waals surface area (Å²) >= 11 is 5.77. The van der Waals surface area contributed by atoms with Crippen molar-refractivity contribution < 1.29 is 9.53 Å². The standard InChI is InChI=1S/C13H19ClN2O2.ClH/c1-10(15)8-13(17)16-6-7-18-9-11-2-4-12(14)5-3-11;/h2-5,10H,6-9,15H2,1H3,(H,16,17);1H. The predicted octanol–water partition coefficient (Wildman–Crippen LogP) is 2.13. The Hall–Kier alpha value is -0.810. The van der Waals surface area contributed by atoms with Gasteiger partial charge in [-0.1, -0.05) is 23.7 Å². The molecule has 6 heteroatoms. The van der Waals surface area contributed by atoms with E-state index in [-0.39, 0.29) is 24.4 Å². The van der Waals surface area contributed by atoms with Gasteiger partial charge in [0.1, 0.15) is 0 Å². The summed E-state index contributed by atoms with van der Waals surface area (Å²) in [7, 11) is 0. The maximum Gasteiger partial charge on any atom is 0.221 e. The lowest BCUT2D eigenvalue weighted by molar-refractivity contribution is -0.121. The number of hydrogen-bond acceptors (Lipinski definition) is 3. The molecule has 4 nitrogen and oxygen atoms in total. The molecule has 1 rings (SSSR count). The third kappa shape index (κ3) is 8.83. The fourth-order valence-electron chi connectivity index (χ4n) is 1.40. The third-order valence-corrected chi connectivity index (χ3v) is 2.51. The second-order valence-electron chi connectivity index (χ2n) is 4.21. The molecule has 1 amide bonds. The minimum atomic E-state index is -0.111. The van der Waals surface area contributed by atoms with Crippen LogP contribution >= 0.6 is 24.0 Å². The zero-order valence-electron chi connectivity index (χ0n) is 10.9. The van der Waals surface area contributed by atoms with Crippen LogP contribution in [0, 0.1) is 0 Å². The Morgan fingerprint density at radius 1 is 1.42 bits per heavy atom. The lowest BCUT2D eigenvalue weighted by atomic mass is 10.2. The van der Waals surface area contributed by atoms with Gasteiger partial charge in [0.05, 0.1) is 13.2 Å². The highest BCUT2D eigenvalue weighted by molar-refractivity contribution is 6.30. The van der Waals surface area contributed by atoms with Crippen molar-refractivity contribution in [3.63, 3.8) is 0 Å². The molecular formula is C13H20Cl2N2O2. The highest BCUT2D eigenvalue weighted by atomic mass is 35.5. The minimum absolute atomic E-state index is 0. The van der Waals surface area contributed by atoms with E-state index in [0.29, 0.717) is 31.2 Å². The van der Waals surface area contributed by atoms with Crippen molar-refractivity contribution in [2.75, 3.05) is 13.2 Å². The number of nitrogens with one attached hydrogen (secondary N) is 1. The van der Waals surface area contributed by atoms with Crippen LogP contribution < -0.4 is 11.1 Å². The number of halogens is 2. The van der Waals surface area contributed by atoms with E-state index in [1.165, 1.54) is 0 Å². The van der Waals surface area contributed by atoms with Crippen LogP contribution in [-0.4, -0.2) is 25.1 Å². The van der Waals surface area contributed by atoms with Gasteiger partial charge in [0.25, 0.3) is 0 Å². The van der Waals surface area contributed by atoms with Crippen LogP contribution in [0.2, 0.25) is 5.02 Å². The van der Waals surface area contributed by atoms with Crippen LogP contribution in [0.3, 0.4) is 0 Å². The second kappa shape index (κ2) is 10.0. The summed E-state index contributed by atoms with van der Waals surface area (Å²) in [5.74, 6) is -0.0416. The number of nitrogens with two attached hydrogens (primary N) is 1. The van der Waals surface area contributed by atoms with Gasteiger partial charge in [-0.25, -0.2) is 0 Å². The summed E-state index contributed by atoms with van der Waals surface area (Å²) in [5.41, 5.74) is 6.57. The van der Waals surface area contributed by atoms with E-state index in [1.54, 1.807) is 6.92 Å². The fourth-order valence-corrected chi connectivity index (χ4v) is 1.52. The van der Waals surface area contributed by atoms with Crippen LogP contribution in [0.15, 0.2) is 24.3 Å². The van der Waals surface area contributed by atoms with Crippen LogP contribution in [0.5, 0.6) is 0 Å². The molecule has 0 bridgehead atoms. The Balaban J connectivity index is 0.00000324. The number of benzene rings is 1. The maximum absolute atomic E-state index is 11.3. The molecule has 0 radical (unpaired) electrons. The van der Waals surface area contributed by atoms with E-state index in [0.717, 1.165) is 5.56 Å². The van der Waals surface area contributed by atoms with E-state index in [9.17, 15) is 4.79 Å². The van der Waals surface area contributed by atoms with Crippen molar-refractivity contribution in [1.29, 1.82) is 0 Å². The highest BCUT2D eigenvalue weighted by Crippen LogP contribution is 2.09. The molecule has 0 aliphatic heterocycles. The Labute approximate surface area is 125 Å². The Morgan fingerprint density at radius 3 is 2.63 bits per heavy atom. The molecule has 0 aliphatic carbocycles. The number of rotatable bonds is 7. The molecule has 19 heavy (non-hydrogen) atoms. The molecule has 0 spiro atoms. The van der Waals surface area contributed by atoms with Gasteiger partial charge in [-0.3, -0.25) is 4.79 Å². The van der Waals surface area contributed by atoms with Crippen molar-refractivity contribution in [1.82, 2.24) is 5.32 Å². The first-order valence-corrected chi connectivity index (χ1v) is 6.30. The van der Waals surface area contributed by atoms with Crippen molar-refractivity contribution in [2.24, 2.45) is 5.73 Å². The van der Waals surface area contributed by atoms with Gasteiger partial charge < -0.3 is 15.8 Å². The lowest BCUT2D eigenvalue weighted by Crippen LogP contribution is -2.32. The molecule has 1 unspecified atom stereocenters. The van der Waals surface area contributed by atoms with Crippen molar-refractivity contribution in [3.8, 4) is 0 Å². The van der Waals surface area contributed by atoms with Crippen molar-refractivity contribution >= 4 is 29.9 Å². The molecule has 0 saturated carbocycles. The number of hydrogen-bond donors (Lipinski definition) is 2. The van der Waals surface area contributed by atoms with E-state index < -0.39 is 0 Å². The topological polar surface area (TPSA) is 64.4 Å². The molecule has 0 fully saturated rings. The first-order valence-electron chi connectivity index (χ1n) is 5.92. The Kier molecular flexibility index (Phi) is 9.61. The highest BCUT2D eigenvalue weighted by Gasteiger charge is 2.03. The maximum atomic E-state index is 11.3. The monoisotopic (exact) mass is 306 g/mol. The van der Waals surface area contributed by atoms with E-state index in [1.807, 2.05) is 24.3 Å². The quantitative estimate of drug-likeness (QED) is 0.759. The van der Waals surface area contributed by atoms with Gasteiger partial charge in [0.2, 0.25) is 5.91 Å².